The Morgan fingerprint density at radius 3 is 2.50 bits per heavy atom. The summed E-state index contributed by atoms with van der Waals surface area (Å²) in [4.78, 5) is 30.0. The maximum Gasteiger partial charge on any atom is 0.339 e. The third-order valence-electron chi connectivity index (χ3n) is 5.68. The molecule has 4 rings (SSSR count). The molecule has 0 spiro atoms. The van der Waals surface area contributed by atoms with Crippen molar-refractivity contribution in [2.24, 2.45) is 0 Å². The van der Waals surface area contributed by atoms with Gasteiger partial charge in [0.2, 0.25) is 0 Å². The van der Waals surface area contributed by atoms with Crippen molar-refractivity contribution in [3.8, 4) is 11.4 Å². The fourth-order valence-electron chi connectivity index (χ4n) is 3.87. The van der Waals surface area contributed by atoms with Gasteiger partial charge in [0.1, 0.15) is 17.3 Å². The van der Waals surface area contributed by atoms with Gasteiger partial charge in [-0.2, -0.15) is 0 Å². The molecule has 36 heavy (non-hydrogen) atoms. The van der Waals surface area contributed by atoms with E-state index in [0.29, 0.717) is 17.0 Å². The SMILES string of the molecule is COC(=O)c1cc(Nc2ccc(-n3cnc(C)c3)c(OC)c2)c(=O)n(C(CO)c2ccc(F)cc2)c1. The number of nitrogens with one attached hydrogen (secondary N) is 1. The van der Waals surface area contributed by atoms with Gasteiger partial charge >= 0.3 is 5.97 Å². The first-order valence-corrected chi connectivity index (χ1v) is 11.0. The average Bonchev–Trinajstić information content (AvgIpc) is 3.32. The standard InChI is InChI=1S/C26H25FN4O5/c1-16-12-30(15-28-16)22-9-8-20(11-24(22)35-2)29-21-10-18(26(34)36-3)13-31(25(21)33)23(14-32)17-4-6-19(27)7-5-17/h4-13,15,23,29,32H,14H2,1-3H3. The molecular formula is C26H25FN4O5. The van der Waals surface area contributed by atoms with Crippen molar-refractivity contribution in [2.45, 2.75) is 13.0 Å². The molecule has 4 aromatic rings. The predicted molar refractivity (Wildman–Crippen MR) is 132 cm³/mol. The number of ether oxygens (including phenoxy) is 2. The maximum atomic E-state index is 13.4. The second-order valence-corrected chi connectivity index (χ2v) is 8.03. The van der Waals surface area contributed by atoms with Crippen molar-refractivity contribution in [2.75, 3.05) is 26.1 Å². The second kappa shape index (κ2) is 10.4. The van der Waals surface area contributed by atoms with E-state index in [0.717, 1.165) is 11.4 Å². The normalized spacial score (nSPS) is 11.7. The van der Waals surface area contributed by atoms with Crippen molar-refractivity contribution >= 4 is 17.3 Å². The summed E-state index contributed by atoms with van der Waals surface area (Å²) in [6, 6.07) is 11.2. The third-order valence-corrected chi connectivity index (χ3v) is 5.68. The molecule has 186 valence electrons. The van der Waals surface area contributed by atoms with Crippen molar-refractivity contribution in [3.63, 3.8) is 0 Å². The van der Waals surface area contributed by atoms with E-state index in [1.807, 2.05) is 17.7 Å². The third kappa shape index (κ3) is 4.98. The number of nitrogens with zero attached hydrogens (tertiary/aromatic N) is 3. The molecule has 1 atom stereocenters. The van der Waals surface area contributed by atoms with Crippen LogP contribution in [0.2, 0.25) is 0 Å². The molecule has 0 saturated carbocycles. The van der Waals surface area contributed by atoms with Gasteiger partial charge in [0.25, 0.3) is 5.56 Å². The lowest BCUT2D eigenvalue weighted by molar-refractivity contribution is 0.0599. The topological polar surface area (TPSA) is 108 Å². The van der Waals surface area contributed by atoms with Crippen LogP contribution in [-0.2, 0) is 4.74 Å². The quantitative estimate of drug-likeness (QED) is 0.362. The van der Waals surface area contributed by atoms with Gasteiger partial charge in [0.05, 0.1) is 50.1 Å². The highest BCUT2D eigenvalue weighted by Crippen LogP contribution is 2.28. The van der Waals surface area contributed by atoms with Gasteiger partial charge in [-0.15, -0.1) is 0 Å². The Labute approximate surface area is 206 Å². The number of aliphatic hydroxyl groups is 1. The summed E-state index contributed by atoms with van der Waals surface area (Å²) >= 11 is 0. The van der Waals surface area contributed by atoms with E-state index in [4.69, 9.17) is 9.47 Å². The molecule has 2 N–H and O–H groups in total. The van der Waals surface area contributed by atoms with Crippen molar-refractivity contribution in [1.82, 2.24) is 14.1 Å². The Kier molecular flexibility index (Phi) is 7.16. The minimum atomic E-state index is -0.857. The zero-order valence-electron chi connectivity index (χ0n) is 19.9. The van der Waals surface area contributed by atoms with Gasteiger partial charge in [-0.3, -0.25) is 4.79 Å². The molecule has 0 aliphatic heterocycles. The summed E-state index contributed by atoms with van der Waals surface area (Å²) in [5, 5.41) is 13.1. The molecule has 2 heterocycles. The van der Waals surface area contributed by atoms with E-state index in [1.54, 1.807) is 24.5 Å². The Morgan fingerprint density at radius 1 is 1.14 bits per heavy atom. The monoisotopic (exact) mass is 492 g/mol. The van der Waals surface area contributed by atoms with E-state index in [2.05, 4.69) is 10.3 Å². The molecule has 0 saturated heterocycles. The second-order valence-electron chi connectivity index (χ2n) is 8.03. The fraction of sp³-hybridized carbons (Fsp3) is 0.192. The van der Waals surface area contributed by atoms with Crippen LogP contribution in [0.15, 0.2) is 72.0 Å². The molecule has 0 aliphatic carbocycles. The van der Waals surface area contributed by atoms with Gasteiger partial charge in [-0.25, -0.2) is 14.2 Å². The summed E-state index contributed by atoms with van der Waals surface area (Å²) in [6.07, 6.45) is 4.84. The largest absolute Gasteiger partial charge is 0.494 e. The van der Waals surface area contributed by atoms with Crippen LogP contribution in [0.5, 0.6) is 5.75 Å². The van der Waals surface area contributed by atoms with Gasteiger partial charge in [-0.1, -0.05) is 12.1 Å². The summed E-state index contributed by atoms with van der Waals surface area (Å²) < 4.78 is 26.9. The van der Waals surface area contributed by atoms with Crippen LogP contribution in [0.1, 0.15) is 27.7 Å². The Bertz CT molecular complexity index is 1450. The van der Waals surface area contributed by atoms with Crippen LogP contribution in [-0.4, -0.2) is 46.0 Å². The molecule has 0 amide bonds. The molecule has 0 fully saturated rings. The Balaban J connectivity index is 1.77. The number of benzene rings is 2. The smallest absolute Gasteiger partial charge is 0.339 e. The van der Waals surface area contributed by atoms with Gasteiger partial charge in [0.15, 0.2) is 0 Å². The van der Waals surface area contributed by atoms with E-state index >= 15 is 0 Å². The number of rotatable bonds is 8. The van der Waals surface area contributed by atoms with Crippen LogP contribution in [0.4, 0.5) is 15.8 Å². The van der Waals surface area contributed by atoms with Crippen LogP contribution in [0.3, 0.4) is 0 Å². The zero-order chi connectivity index (χ0) is 25.8. The van der Waals surface area contributed by atoms with Crippen LogP contribution < -0.4 is 15.6 Å². The van der Waals surface area contributed by atoms with Gasteiger partial charge < -0.3 is 29.0 Å². The van der Waals surface area contributed by atoms with E-state index in [1.165, 1.54) is 55.3 Å². The first kappa shape index (κ1) is 24.7. The molecule has 0 bridgehead atoms. The summed E-state index contributed by atoms with van der Waals surface area (Å²) in [6.45, 7) is 1.42. The number of anilines is 2. The number of aliphatic hydroxyl groups excluding tert-OH is 1. The minimum Gasteiger partial charge on any atom is -0.494 e. The summed E-state index contributed by atoms with van der Waals surface area (Å²) in [5.41, 5.74) is 2.29. The number of imidazole rings is 1. The molecule has 2 aromatic carbocycles. The average molecular weight is 493 g/mol. The van der Waals surface area contributed by atoms with Gasteiger partial charge in [0, 0.05) is 24.1 Å². The van der Waals surface area contributed by atoms with Crippen LogP contribution >= 0.6 is 0 Å². The molecule has 9 nitrogen and oxygen atoms in total. The van der Waals surface area contributed by atoms with Crippen LogP contribution in [0.25, 0.3) is 5.69 Å². The number of methoxy groups -OCH3 is 2. The van der Waals surface area contributed by atoms with E-state index in [-0.39, 0.29) is 11.3 Å². The minimum absolute atomic E-state index is 0.0757. The number of aromatic nitrogens is 3. The molecule has 10 heteroatoms. The Hall–Kier alpha value is -4.44. The number of halogens is 1. The molecule has 0 radical (unpaired) electrons. The predicted octanol–water partition coefficient (Wildman–Crippen LogP) is 3.60. The maximum absolute atomic E-state index is 13.4. The molecule has 1 unspecified atom stereocenters. The number of carbonyl (C=O) groups is 1. The number of hydrogen-bond donors (Lipinski definition) is 2. The lowest BCUT2D eigenvalue weighted by Crippen LogP contribution is -2.30. The van der Waals surface area contributed by atoms with Crippen LogP contribution in [0, 0.1) is 12.7 Å². The highest BCUT2D eigenvalue weighted by molar-refractivity contribution is 5.90. The number of hydrogen-bond acceptors (Lipinski definition) is 7. The van der Waals surface area contributed by atoms with Gasteiger partial charge in [-0.05, 0) is 42.8 Å². The number of aryl methyl sites for hydroxylation is 1. The fourth-order valence-corrected chi connectivity index (χ4v) is 3.87. The summed E-state index contributed by atoms with van der Waals surface area (Å²) in [5.74, 6) is -0.580. The Morgan fingerprint density at radius 2 is 1.89 bits per heavy atom. The van der Waals surface area contributed by atoms with Crippen molar-refractivity contribution in [3.05, 3.63) is 100 Å². The first-order valence-electron chi connectivity index (χ1n) is 11.0. The van der Waals surface area contributed by atoms with E-state index in [9.17, 15) is 19.1 Å². The highest BCUT2D eigenvalue weighted by atomic mass is 19.1. The molecule has 2 aromatic heterocycles. The highest BCUT2D eigenvalue weighted by Gasteiger charge is 2.20. The lowest BCUT2D eigenvalue weighted by Gasteiger charge is -2.20. The molecular weight excluding hydrogens is 467 g/mol. The van der Waals surface area contributed by atoms with Crippen molar-refractivity contribution in [1.29, 1.82) is 0 Å². The number of pyridine rings is 1. The van der Waals surface area contributed by atoms with E-state index < -0.39 is 30.0 Å². The zero-order valence-corrected chi connectivity index (χ0v) is 19.9. The van der Waals surface area contributed by atoms with Crippen molar-refractivity contribution < 1.29 is 23.8 Å². The molecule has 0 aliphatic rings. The lowest BCUT2D eigenvalue weighted by atomic mass is 10.1. The number of esters is 1. The summed E-state index contributed by atoms with van der Waals surface area (Å²) in [7, 11) is 2.77. The number of carbonyl (C=O) groups excluding carboxylic acids is 1. The first-order chi connectivity index (χ1) is 17.3.